The molecule has 0 spiro atoms. The largest absolute Gasteiger partial charge is 0.423 e. The van der Waals surface area contributed by atoms with E-state index in [4.69, 9.17) is 16.0 Å². The van der Waals surface area contributed by atoms with Crippen LogP contribution in [0.3, 0.4) is 0 Å². The molecule has 0 aliphatic carbocycles. The maximum absolute atomic E-state index is 11.9. The lowest BCUT2D eigenvalue weighted by atomic mass is 10.0. The minimum absolute atomic E-state index is 0.326. The van der Waals surface area contributed by atoms with Gasteiger partial charge in [0, 0.05) is 41.7 Å². The van der Waals surface area contributed by atoms with E-state index in [1.807, 2.05) is 30.3 Å². The van der Waals surface area contributed by atoms with Gasteiger partial charge in [0.2, 0.25) is 0 Å². The third kappa shape index (κ3) is 4.34. The van der Waals surface area contributed by atoms with Crippen molar-refractivity contribution in [3.05, 3.63) is 81.8 Å². The molecule has 2 aromatic carbocycles. The van der Waals surface area contributed by atoms with Crippen molar-refractivity contribution in [3.8, 4) is 0 Å². The summed E-state index contributed by atoms with van der Waals surface area (Å²) in [5.74, 6) is 0. The number of nitrogens with zero attached hydrogens (tertiary/aromatic N) is 1. The summed E-state index contributed by atoms with van der Waals surface area (Å²) in [4.78, 5) is 14.2. The molecule has 1 N–H and O–H groups in total. The van der Waals surface area contributed by atoms with Crippen LogP contribution in [0.5, 0.6) is 0 Å². The Hall–Kier alpha value is -2.72. The summed E-state index contributed by atoms with van der Waals surface area (Å²) in [6.45, 7) is 1.96. The molecule has 2 heterocycles. The Morgan fingerprint density at radius 3 is 2.63 bits per heavy atom. The van der Waals surface area contributed by atoms with Gasteiger partial charge in [-0.2, -0.15) is 0 Å². The fraction of sp³-hybridized carbons (Fsp3) is 0.227. The Bertz CT molecular complexity index is 1010. The number of fused-ring (bicyclic) bond motifs is 1. The van der Waals surface area contributed by atoms with Gasteiger partial charge in [-0.05, 0) is 42.8 Å². The number of nitrogens with one attached hydrogen (secondary N) is 1. The van der Waals surface area contributed by atoms with E-state index in [9.17, 15) is 4.79 Å². The average molecular weight is 381 g/mol. The van der Waals surface area contributed by atoms with Crippen molar-refractivity contribution in [2.45, 2.75) is 18.9 Å². The lowest BCUT2D eigenvalue weighted by Crippen LogP contribution is -2.36. The number of likely N-dealkylation sites (tertiary alicyclic amines) is 1. The summed E-state index contributed by atoms with van der Waals surface area (Å²) in [6.07, 6.45) is 6.33. The number of piperidine rings is 1. The SMILES string of the molecule is O=c1cc(NC2CCN(/C=C/c3ccccc3)CC2)c2ccc(Cl)cc2o1. The van der Waals surface area contributed by atoms with Crippen molar-refractivity contribution in [1.29, 1.82) is 0 Å². The quantitative estimate of drug-likeness (QED) is 0.647. The van der Waals surface area contributed by atoms with Crippen molar-refractivity contribution in [2.75, 3.05) is 18.4 Å². The molecule has 1 aliphatic rings. The van der Waals surface area contributed by atoms with Crippen LogP contribution in [0.25, 0.3) is 17.0 Å². The van der Waals surface area contributed by atoms with Gasteiger partial charge >= 0.3 is 5.63 Å². The lowest BCUT2D eigenvalue weighted by Gasteiger charge is -2.32. The first-order valence-corrected chi connectivity index (χ1v) is 9.52. The molecule has 1 aliphatic heterocycles. The number of rotatable bonds is 4. The van der Waals surface area contributed by atoms with E-state index >= 15 is 0 Å². The molecular weight excluding hydrogens is 360 g/mol. The van der Waals surface area contributed by atoms with Gasteiger partial charge in [-0.3, -0.25) is 0 Å². The third-order valence-electron chi connectivity index (χ3n) is 4.87. The molecule has 0 atom stereocenters. The second kappa shape index (κ2) is 7.89. The molecule has 138 valence electrons. The van der Waals surface area contributed by atoms with Crippen LogP contribution < -0.4 is 10.9 Å². The zero-order valence-electron chi connectivity index (χ0n) is 14.9. The Labute approximate surface area is 163 Å². The highest BCUT2D eigenvalue weighted by molar-refractivity contribution is 6.31. The first-order chi connectivity index (χ1) is 13.2. The predicted octanol–water partition coefficient (Wildman–Crippen LogP) is 4.99. The van der Waals surface area contributed by atoms with Gasteiger partial charge in [-0.1, -0.05) is 41.9 Å². The summed E-state index contributed by atoms with van der Waals surface area (Å²) >= 11 is 6.01. The summed E-state index contributed by atoms with van der Waals surface area (Å²) in [7, 11) is 0. The van der Waals surface area contributed by atoms with E-state index in [1.54, 1.807) is 6.07 Å². The predicted molar refractivity (Wildman–Crippen MR) is 111 cm³/mol. The highest BCUT2D eigenvalue weighted by Crippen LogP contribution is 2.26. The molecule has 27 heavy (non-hydrogen) atoms. The molecule has 5 heteroatoms. The summed E-state index contributed by atoms with van der Waals surface area (Å²) in [6, 6.07) is 17.5. The highest BCUT2D eigenvalue weighted by atomic mass is 35.5. The van der Waals surface area contributed by atoms with E-state index in [0.29, 0.717) is 16.6 Å². The summed E-state index contributed by atoms with van der Waals surface area (Å²) < 4.78 is 5.27. The maximum Gasteiger partial charge on any atom is 0.338 e. The Morgan fingerprint density at radius 1 is 1.07 bits per heavy atom. The van der Waals surface area contributed by atoms with Gasteiger partial charge < -0.3 is 14.6 Å². The molecule has 4 nitrogen and oxygen atoms in total. The molecule has 1 saturated heterocycles. The second-order valence-electron chi connectivity index (χ2n) is 6.80. The molecule has 0 bridgehead atoms. The van der Waals surface area contributed by atoms with Crippen molar-refractivity contribution in [1.82, 2.24) is 4.90 Å². The normalized spacial score (nSPS) is 15.5. The molecule has 4 rings (SSSR count). The van der Waals surface area contributed by atoms with Gasteiger partial charge in [0.25, 0.3) is 0 Å². The number of halogens is 1. The van der Waals surface area contributed by atoms with Crippen LogP contribution in [0.4, 0.5) is 5.69 Å². The van der Waals surface area contributed by atoms with Crippen molar-refractivity contribution < 1.29 is 4.42 Å². The van der Waals surface area contributed by atoms with E-state index in [0.717, 1.165) is 37.0 Å². The fourth-order valence-electron chi connectivity index (χ4n) is 3.42. The first-order valence-electron chi connectivity index (χ1n) is 9.15. The average Bonchev–Trinajstić information content (AvgIpc) is 2.68. The number of anilines is 1. The lowest BCUT2D eigenvalue weighted by molar-refractivity contribution is 0.295. The van der Waals surface area contributed by atoms with E-state index in [2.05, 4.69) is 34.6 Å². The monoisotopic (exact) mass is 380 g/mol. The topological polar surface area (TPSA) is 45.5 Å². The van der Waals surface area contributed by atoms with Crippen LogP contribution in [0, 0.1) is 0 Å². The van der Waals surface area contributed by atoms with Crippen molar-refractivity contribution >= 4 is 34.3 Å². The fourth-order valence-corrected chi connectivity index (χ4v) is 3.59. The molecule has 0 unspecified atom stereocenters. The van der Waals surface area contributed by atoms with Gasteiger partial charge in [0.15, 0.2) is 0 Å². The zero-order chi connectivity index (χ0) is 18.6. The minimum Gasteiger partial charge on any atom is -0.423 e. The van der Waals surface area contributed by atoms with Gasteiger partial charge in [0.05, 0.1) is 5.69 Å². The summed E-state index contributed by atoms with van der Waals surface area (Å²) in [5.41, 5.74) is 2.17. The van der Waals surface area contributed by atoms with Crippen molar-refractivity contribution in [3.63, 3.8) is 0 Å². The molecular formula is C22H21ClN2O2. The van der Waals surface area contributed by atoms with Gasteiger partial charge in [-0.25, -0.2) is 4.79 Å². The third-order valence-corrected chi connectivity index (χ3v) is 5.11. The first kappa shape index (κ1) is 17.7. The Balaban J connectivity index is 1.42. The van der Waals surface area contributed by atoms with Crippen LogP contribution in [-0.4, -0.2) is 24.0 Å². The van der Waals surface area contributed by atoms with E-state index in [1.165, 1.54) is 11.6 Å². The molecule has 3 aromatic rings. The van der Waals surface area contributed by atoms with Crippen LogP contribution >= 0.6 is 11.6 Å². The number of benzene rings is 2. The van der Waals surface area contributed by atoms with Gasteiger partial charge in [0.1, 0.15) is 5.58 Å². The zero-order valence-corrected chi connectivity index (χ0v) is 15.7. The van der Waals surface area contributed by atoms with Crippen LogP contribution in [0.15, 0.2) is 70.0 Å². The molecule has 0 radical (unpaired) electrons. The minimum atomic E-state index is -0.365. The van der Waals surface area contributed by atoms with Crippen LogP contribution in [0.1, 0.15) is 18.4 Å². The number of hydrogen-bond acceptors (Lipinski definition) is 4. The second-order valence-corrected chi connectivity index (χ2v) is 7.24. The standard InChI is InChI=1S/C22H21ClN2O2/c23-17-6-7-19-20(15-22(26)27-21(19)14-17)24-18-9-12-25(13-10-18)11-8-16-4-2-1-3-5-16/h1-8,11,14-15,18,24H,9-10,12-13H2/b11-8+. The smallest absolute Gasteiger partial charge is 0.338 e. The highest BCUT2D eigenvalue weighted by Gasteiger charge is 2.18. The van der Waals surface area contributed by atoms with E-state index < -0.39 is 0 Å². The number of hydrogen-bond donors (Lipinski definition) is 1. The van der Waals surface area contributed by atoms with Crippen molar-refractivity contribution in [2.24, 2.45) is 0 Å². The molecule has 0 saturated carbocycles. The van der Waals surface area contributed by atoms with Crippen LogP contribution in [0.2, 0.25) is 5.02 Å². The molecule has 1 fully saturated rings. The summed E-state index contributed by atoms with van der Waals surface area (Å²) in [5, 5.41) is 4.96. The molecule has 0 amide bonds. The Kier molecular flexibility index (Phi) is 5.16. The van der Waals surface area contributed by atoms with E-state index in [-0.39, 0.29) is 5.63 Å². The molecule has 1 aromatic heterocycles. The van der Waals surface area contributed by atoms with Crippen LogP contribution in [-0.2, 0) is 0 Å². The maximum atomic E-state index is 11.9. The van der Waals surface area contributed by atoms with Gasteiger partial charge in [-0.15, -0.1) is 0 Å². The Morgan fingerprint density at radius 2 is 1.85 bits per heavy atom.